The van der Waals surface area contributed by atoms with Gasteiger partial charge in [-0.05, 0) is 43.5 Å². The molecule has 0 aliphatic rings. The van der Waals surface area contributed by atoms with Crippen molar-refractivity contribution in [2.24, 2.45) is 0 Å². The Labute approximate surface area is 161 Å². The fourth-order valence-electron chi connectivity index (χ4n) is 2.26. The Morgan fingerprint density at radius 2 is 1.81 bits per heavy atom. The van der Waals surface area contributed by atoms with E-state index in [1.807, 2.05) is 18.4 Å². The summed E-state index contributed by atoms with van der Waals surface area (Å²) in [4.78, 5) is 37.0. The summed E-state index contributed by atoms with van der Waals surface area (Å²) in [7, 11) is 0. The highest BCUT2D eigenvalue weighted by Gasteiger charge is 2.19. The van der Waals surface area contributed by atoms with E-state index in [0.29, 0.717) is 5.56 Å². The maximum Gasteiger partial charge on any atom is 0.307 e. The first-order valence-corrected chi connectivity index (χ1v) is 9.54. The van der Waals surface area contributed by atoms with E-state index >= 15 is 0 Å². The van der Waals surface area contributed by atoms with Gasteiger partial charge in [-0.3, -0.25) is 14.4 Å². The fraction of sp³-hybridized carbons (Fsp3) is 0.250. The summed E-state index contributed by atoms with van der Waals surface area (Å²) in [6.45, 7) is 1.41. The normalized spacial score (nSPS) is 11.5. The van der Waals surface area contributed by atoms with Gasteiger partial charge in [0.25, 0.3) is 5.91 Å². The van der Waals surface area contributed by atoms with Crippen LogP contribution >= 0.6 is 11.8 Å². The highest BCUT2D eigenvalue weighted by molar-refractivity contribution is 7.98. The lowest BCUT2D eigenvalue weighted by Gasteiger charge is -2.13. The zero-order valence-corrected chi connectivity index (χ0v) is 15.8. The van der Waals surface area contributed by atoms with Crippen LogP contribution in [0, 0.1) is 5.82 Å². The Balaban J connectivity index is 1.79. The number of ketones is 1. The second-order valence-electron chi connectivity index (χ2n) is 5.78. The van der Waals surface area contributed by atoms with Gasteiger partial charge in [0.2, 0.25) is 0 Å². The molecular weight excluding hydrogens is 369 g/mol. The highest BCUT2D eigenvalue weighted by atomic mass is 32.2. The average Bonchev–Trinajstić information content (AvgIpc) is 2.66. The molecule has 0 bridgehead atoms. The van der Waals surface area contributed by atoms with Gasteiger partial charge in [0.05, 0.1) is 6.42 Å². The van der Waals surface area contributed by atoms with Crippen molar-refractivity contribution in [2.75, 3.05) is 11.6 Å². The van der Waals surface area contributed by atoms with E-state index in [9.17, 15) is 18.8 Å². The lowest BCUT2D eigenvalue weighted by atomic mass is 10.1. The summed E-state index contributed by atoms with van der Waals surface area (Å²) in [5.74, 6) is -1.88. The number of ether oxygens (including phenoxy) is 1. The molecule has 1 N–H and O–H groups in total. The van der Waals surface area contributed by atoms with Crippen molar-refractivity contribution in [3.63, 3.8) is 0 Å². The minimum atomic E-state index is -1.06. The van der Waals surface area contributed by atoms with Gasteiger partial charge in [-0.2, -0.15) is 0 Å². The van der Waals surface area contributed by atoms with Crippen molar-refractivity contribution in [1.82, 2.24) is 0 Å². The standard InChI is InChI=1S/C20H20FNO4S/c1-13(20(25)22-16-5-3-4-15(21)12-16)26-19(24)11-10-18(23)14-6-8-17(27-2)9-7-14/h3-9,12-13H,10-11H2,1-2H3,(H,22,25)/t13-/m1/s1. The number of rotatable bonds is 8. The van der Waals surface area contributed by atoms with Crippen LogP contribution in [-0.4, -0.2) is 30.0 Å². The molecule has 1 atom stereocenters. The van der Waals surface area contributed by atoms with E-state index in [-0.39, 0.29) is 24.3 Å². The number of halogens is 1. The molecule has 0 aliphatic carbocycles. The summed E-state index contributed by atoms with van der Waals surface area (Å²) in [5, 5.41) is 2.46. The largest absolute Gasteiger partial charge is 0.453 e. The lowest BCUT2D eigenvalue weighted by molar-refractivity contribution is -0.153. The third-order valence-electron chi connectivity index (χ3n) is 3.74. The maximum absolute atomic E-state index is 13.1. The second kappa shape index (κ2) is 9.87. The third kappa shape index (κ3) is 6.53. The first kappa shape index (κ1) is 20.6. The van der Waals surface area contributed by atoms with Crippen LogP contribution in [0.25, 0.3) is 0 Å². The van der Waals surface area contributed by atoms with Gasteiger partial charge >= 0.3 is 5.97 Å². The molecule has 27 heavy (non-hydrogen) atoms. The molecule has 0 heterocycles. The number of hydrogen-bond acceptors (Lipinski definition) is 5. The molecule has 0 saturated carbocycles. The Morgan fingerprint density at radius 3 is 2.44 bits per heavy atom. The summed E-state index contributed by atoms with van der Waals surface area (Å²) < 4.78 is 18.2. The summed E-state index contributed by atoms with van der Waals surface area (Å²) in [6.07, 6.45) is 0.756. The van der Waals surface area contributed by atoms with Gasteiger partial charge in [0.15, 0.2) is 11.9 Å². The number of anilines is 1. The minimum absolute atomic E-state index is 0.00428. The molecule has 7 heteroatoms. The summed E-state index contributed by atoms with van der Waals surface area (Å²) in [5.41, 5.74) is 0.796. The van der Waals surface area contributed by atoms with E-state index in [1.54, 1.807) is 23.9 Å². The zero-order chi connectivity index (χ0) is 19.8. The lowest BCUT2D eigenvalue weighted by Crippen LogP contribution is -2.30. The molecule has 0 saturated heterocycles. The first-order valence-electron chi connectivity index (χ1n) is 8.32. The van der Waals surface area contributed by atoms with Crippen LogP contribution < -0.4 is 5.32 Å². The highest BCUT2D eigenvalue weighted by Crippen LogP contribution is 2.16. The number of carbonyl (C=O) groups excluding carboxylic acids is 3. The van der Waals surface area contributed by atoms with Gasteiger partial charge in [0.1, 0.15) is 5.82 Å². The third-order valence-corrected chi connectivity index (χ3v) is 4.48. The van der Waals surface area contributed by atoms with Crippen molar-refractivity contribution in [3.8, 4) is 0 Å². The van der Waals surface area contributed by atoms with E-state index < -0.39 is 23.8 Å². The summed E-state index contributed by atoms with van der Waals surface area (Å²) >= 11 is 1.57. The second-order valence-corrected chi connectivity index (χ2v) is 6.66. The van der Waals surface area contributed by atoms with Crippen molar-refractivity contribution >= 4 is 35.1 Å². The predicted molar refractivity (Wildman–Crippen MR) is 102 cm³/mol. The topological polar surface area (TPSA) is 72.5 Å². The maximum atomic E-state index is 13.1. The molecule has 0 aliphatic heterocycles. The quantitative estimate of drug-likeness (QED) is 0.418. The molecule has 2 aromatic rings. The van der Waals surface area contributed by atoms with Gasteiger partial charge < -0.3 is 10.1 Å². The molecule has 0 radical (unpaired) electrons. The van der Waals surface area contributed by atoms with E-state index in [0.717, 1.165) is 11.0 Å². The van der Waals surface area contributed by atoms with Crippen LogP contribution in [0.5, 0.6) is 0 Å². The Morgan fingerprint density at radius 1 is 1.11 bits per heavy atom. The van der Waals surface area contributed by atoms with Crippen molar-refractivity contribution in [1.29, 1.82) is 0 Å². The van der Waals surface area contributed by atoms with Crippen LogP contribution in [0.4, 0.5) is 10.1 Å². The molecular formula is C20H20FNO4S. The number of amides is 1. The van der Waals surface area contributed by atoms with Crippen LogP contribution in [0.2, 0.25) is 0 Å². The smallest absolute Gasteiger partial charge is 0.307 e. The molecule has 1 amide bonds. The molecule has 5 nitrogen and oxygen atoms in total. The van der Waals surface area contributed by atoms with Gasteiger partial charge in [-0.15, -0.1) is 11.8 Å². The van der Waals surface area contributed by atoms with Crippen LogP contribution in [0.1, 0.15) is 30.1 Å². The van der Waals surface area contributed by atoms with E-state index in [1.165, 1.54) is 25.1 Å². The number of carbonyl (C=O) groups is 3. The number of benzene rings is 2. The number of hydrogen-bond donors (Lipinski definition) is 1. The molecule has 2 aromatic carbocycles. The van der Waals surface area contributed by atoms with Crippen molar-refractivity contribution < 1.29 is 23.5 Å². The summed E-state index contributed by atoms with van der Waals surface area (Å²) in [6, 6.07) is 12.5. The Hall–Kier alpha value is -2.67. The van der Waals surface area contributed by atoms with E-state index in [2.05, 4.69) is 5.32 Å². The molecule has 0 spiro atoms. The Kier molecular flexibility index (Phi) is 7.55. The SMILES string of the molecule is CSc1ccc(C(=O)CCC(=O)O[C@H](C)C(=O)Nc2cccc(F)c2)cc1. The predicted octanol–water partition coefficient (Wildman–Crippen LogP) is 4.08. The number of nitrogens with one attached hydrogen (secondary N) is 1. The zero-order valence-electron chi connectivity index (χ0n) is 15.0. The van der Waals surface area contributed by atoms with Gasteiger partial charge in [-0.25, -0.2) is 4.39 Å². The first-order chi connectivity index (χ1) is 12.9. The molecule has 0 aromatic heterocycles. The van der Waals surface area contributed by atoms with Crippen molar-refractivity contribution in [2.45, 2.75) is 30.8 Å². The van der Waals surface area contributed by atoms with E-state index in [4.69, 9.17) is 4.74 Å². The molecule has 0 fully saturated rings. The average molecular weight is 389 g/mol. The monoisotopic (exact) mass is 389 g/mol. The molecule has 2 rings (SSSR count). The number of thioether (sulfide) groups is 1. The minimum Gasteiger partial charge on any atom is -0.453 e. The van der Waals surface area contributed by atoms with Crippen molar-refractivity contribution in [3.05, 3.63) is 59.9 Å². The number of Topliss-reactive ketones (excluding diaryl/α,β-unsaturated/α-hetero) is 1. The van der Waals surface area contributed by atoms with Crippen LogP contribution in [0.15, 0.2) is 53.4 Å². The van der Waals surface area contributed by atoms with Gasteiger partial charge in [-0.1, -0.05) is 18.2 Å². The van der Waals surface area contributed by atoms with Gasteiger partial charge in [0, 0.05) is 22.6 Å². The molecule has 0 unspecified atom stereocenters. The molecule has 142 valence electrons. The fourth-order valence-corrected chi connectivity index (χ4v) is 2.66. The Bertz CT molecular complexity index is 823. The number of esters is 1. The van der Waals surface area contributed by atoms with Crippen LogP contribution in [-0.2, 0) is 14.3 Å². The van der Waals surface area contributed by atoms with Crippen LogP contribution in [0.3, 0.4) is 0 Å².